The number of nitrogens with one attached hydrogen (secondary N) is 1. The van der Waals surface area contributed by atoms with E-state index in [0.717, 1.165) is 16.7 Å². The van der Waals surface area contributed by atoms with Crippen molar-refractivity contribution in [2.75, 3.05) is 27.4 Å². The van der Waals surface area contributed by atoms with Gasteiger partial charge in [0.05, 0.1) is 46.0 Å². The highest BCUT2D eigenvalue weighted by molar-refractivity contribution is 7.44. The highest BCUT2D eigenvalue weighted by Gasteiger charge is 2.68. The average Bonchev–Trinajstić information content (AvgIpc) is 3.70. The molecule has 3 aromatic carbocycles. The molecule has 13 nitrogen and oxygen atoms in total. The number of aromatic amines is 1. The van der Waals surface area contributed by atoms with Gasteiger partial charge in [0, 0.05) is 24.3 Å². The quantitative estimate of drug-likeness (QED) is 0.0656. The van der Waals surface area contributed by atoms with Gasteiger partial charge in [-0.15, -0.1) is 0 Å². The Morgan fingerprint density at radius 1 is 0.929 bits per heavy atom. The fourth-order valence-electron chi connectivity index (χ4n) is 7.80. The van der Waals surface area contributed by atoms with Crippen molar-refractivity contribution in [2.24, 2.45) is 0 Å². The van der Waals surface area contributed by atoms with Crippen LogP contribution in [0.1, 0.15) is 70.4 Å². The van der Waals surface area contributed by atoms with Gasteiger partial charge in [0.25, 0.3) is 14.1 Å². The van der Waals surface area contributed by atoms with Crippen molar-refractivity contribution in [1.29, 1.82) is 5.26 Å². The minimum Gasteiger partial charge on any atom is -0.497 e. The molecular formula is C42H51N4O9P. The van der Waals surface area contributed by atoms with Crippen LogP contribution >= 0.6 is 8.53 Å². The van der Waals surface area contributed by atoms with Crippen LogP contribution in [-0.4, -0.2) is 77.7 Å². The van der Waals surface area contributed by atoms with Crippen LogP contribution in [-0.2, 0) is 28.9 Å². The van der Waals surface area contributed by atoms with Gasteiger partial charge in [0.1, 0.15) is 34.9 Å². The minimum atomic E-state index is -1.78. The number of rotatable bonds is 18. The number of ether oxygens (including phenoxy) is 5. The molecule has 0 spiro atoms. The molecule has 2 unspecified atom stereocenters. The lowest BCUT2D eigenvalue weighted by Gasteiger charge is -2.45. The second-order valence-corrected chi connectivity index (χ2v) is 15.8. The van der Waals surface area contributed by atoms with Crippen LogP contribution in [0.5, 0.6) is 11.5 Å². The Balaban J connectivity index is 1.54. The van der Waals surface area contributed by atoms with E-state index in [4.69, 9.17) is 32.7 Å². The Kier molecular flexibility index (Phi) is 13.1. The van der Waals surface area contributed by atoms with E-state index in [2.05, 4.69) is 43.4 Å². The van der Waals surface area contributed by atoms with E-state index in [0.29, 0.717) is 17.9 Å². The molecule has 3 heterocycles. The van der Waals surface area contributed by atoms with Crippen molar-refractivity contribution in [3.8, 4) is 17.6 Å². The zero-order valence-corrected chi connectivity index (χ0v) is 33.8. The molecule has 0 aliphatic carbocycles. The van der Waals surface area contributed by atoms with Gasteiger partial charge in [-0.2, -0.15) is 5.26 Å². The molecular weight excluding hydrogens is 735 g/mol. The summed E-state index contributed by atoms with van der Waals surface area (Å²) in [5.74, 6) is 1.38. The summed E-state index contributed by atoms with van der Waals surface area (Å²) in [5, 5.41) is 9.41. The maximum atomic E-state index is 13.3. The maximum Gasteiger partial charge on any atom is 0.330 e. The van der Waals surface area contributed by atoms with Crippen LogP contribution < -0.4 is 20.7 Å². The van der Waals surface area contributed by atoms with Crippen LogP contribution in [0.25, 0.3) is 0 Å². The number of benzene rings is 3. The fourth-order valence-corrected chi connectivity index (χ4v) is 9.60. The lowest BCUT2D eigenvalue weighted by Crippen LogP contribution is -2.56. The highest BCUT2D eigenvalue weighted by Crippen LogP contribution is 2.58. The molecule has 2 saturated heterocycles. The normalized spacial score (nSPS) is 21.7. The van der Waals surface area contributed by atoms with Gasteiger partial charge in [-0.05, 0) is 75.1 Å². The second-order valence-electron chi connectivity index (χ2n) is 14.3. The molecule has 0 amide bonds. The first-order chi connectivity index (χ1) is 27.0. The molecule has 2 aliphatic rings. The van der Waals surface area contributed by atoms with Gasteiger partial charge in [-0.25, -0.2) is 9.46 Å². The summed E-state index contributed by atoms with van der Waals surface area (Å²) in [6, 6.07) is 29.0. The molecule has 4 aromatic rings. The number of H-pyrrole nitrogens is 1. The van der Waals surface area contributed by atoms with Crippen molar-refractivity contribution in [3.05, 3.63) is 129 Å². The number of nitriles is 1. The van der Waals surface area contributed by atoms with E-state index in [1.54, 1.807) is 14.2 Å². The third-order valence-electron chi connectivity index (χ3n) is 10.3. The summed E-state index contributed by atoms with van der Waals surface area (Å²) in [5.41, 5.74) is -1.17. The first-order valence-electron chi connectivity index (χ1n) is 18.9. The fraction of sp³-hybridized carbons (Fsp3) is 0.452. The molecule has 2 bridgehead atoms. The average molecular weight is 787 g/mol. The molecule has 298 valence electrons. The first-order valence-corrected chi connectivity index (χ1v) is 20.0. The predicted molar refractivity (Wildman–Crippen MR) is 211 cm³/mol. The number of methoxy groups -OCH3 is 2. The Morgan fingerprint density at radius 2 is 1.52 bits per heavy atom. The molecule has 2 aliphatic heterocycles. The largest absolute Gasteiger partial charge is 0.497 e. The molecule has 2 fully saturated rings. The van der Waals surface area contributed by atoms with Crippen molar-refractivity contribution >= 4 is 8.53 Å². The topological polar surface area (TPSA) is 147 Å². The Hall–Kier alpha value is -4.38. The van der Waals surface area contributed by atoms with Gasteiger partial charge in [-0.3, -0.25) is 14.3 Å². The SMILES string of the molecule is CC[C@@H](OC(c1ccccc1)(c1ccc(OC)cc1)c1ccc(OC)cc1)C12CO[C@@H]([C@H](n3ccc(=O)[nH]c3=O)O1)[C@@H]2OP(OCCC#N)N(C(C)C)C(C)C. The van der Waals surface area contributed by atoms with Gasteiger partial charge in [0.15, 0.2) is 6.23 Å². The zero-order valence-electron chi connectivity index (χ0n) is 32.9. The molecule has 1 N–H and O–H groups in total. The van der Waals surface area contributed by atoms with Gasteiger partial charge in [0.2, 0.25) is 0 Å². The van der Waals surface area contributed by atoms with E-state index < -0.39 is 55.5 Å². The zero-order chi connectivity index (χ0) is 40.0. The second kappa shape index (κ2) is 17.8. The number of aromatic nitrogens is 2. The summed E-state index contributed by atoms with van der Waals surface area (Å²) >= 11 is 0. The summed E-state index contributed by atoms with van der Waals surface area (Å²) in [4.78, 5) is 27.9. The van der Waals surface area contributed by atoms with Crippen LogP contribution in [0.4, 0.5) is 0 Å². The van der Waals surface area contributed by atoms with Gasteiger partial charge in [-0.1, -0.05) is 61.5 Å². The Morgan fingerprint density at radius 3 is 2.04 bits per heavy atom. The van der Waals surface area contributed by atoms with E-state index in [-0.39, 0.29) is 31.7 Å². The molecule has 0 saturated carbocycles. The maximum absolute atomic E-state index is 13.3. The smallest absolute Gasteiger partial charge is 0.330 e. The molecule has 1 aromatic heterocycles. The van der Waals surface area contributed by atoms with Crippen LogP contribution in [0.15, 0.2) is 101 Å². The highest BCUT2D eigenvalue weighted by atomic mass is 31.2. The number of hydrogen-bond donors (Lipinski definition) is 1. The van der Waals surface area contributed by atoms with E-state index in [9.17, 15) is 14.9 Å². The minimum absolute atomic E-state index is 0.0201. The third-order valence-corrected chi connectivity index (χ3v) is 12.4. The number of fused-ring (bicyclic) bond motifs is 2. The summed E-state index contributed by atoms with van der Waals surface area (Å²) < 4.78 is 49.5. The first kappa shape index (κ1) is 41.3. The monoisotopic (exact) mass is 786 g/mol. The predicted octanol–water partition coefficient (Wildman–Crippen LogP) is 6.67. The van der Waals surface area contributed by atoms with Crippen LogP contribution in [0.3, 0.4) is 0 Å². The van der Waals surface area contributed by atoms with E-state index >= 15 is 0 Å². The third kappa shape index (κ3) is 7.93. The molecule has 6 atom stereocenters. The summed E-state index contributed by atoms with van der Waals surface area (Å²) in [6.45, 7) is 10.5. The molecule has 56 heavy (non-hydrogen) atoms. The van der Waals surface area contributed by atoms with Gasteiger partial charge < -0.3 is 32.7 Å². The number of hydrogen-bond acceptors (Lipinski definition) is 11. The molecule has 6 rings (SSSR count). The van der Waals surface area contributed by atoms with Crippen LogP contribution in [0, 0.1) is 11.3 Å². The standard InChI is InChI=1S/C42H51N4O9P/c1-8-35(53-42(30-13-10-9-11-14-30,31-15-19-33(49-6)20-16-31)32-17-21-34(50-7)22-18-32)41-27-51-37(39(54-41)45-25-23-36(47)44-40(45)48)38(41)55-56(52-26-12-24-43)46(28(2)3)29(4)5/h9-11,13-23,25,28-29,35,37-39H,8,12,26-27H2,1-7H3,(H,44,47,48)/t35-,37-,38+,39-,41?,56?/m1/s1. The van der Waals surface area contributed by atoms with Crippen LogP contribution in [0.2, 0.25) is 0 Å². The Bertz CT molecular complexity index is 2000. The van der Waals surface area contributed by atoms with E-state index in [1.165, 1.54) is 16.8 Å². The van der Waals surface area contributed by atoms with Crippen molar-refractivity contribution in [3.63, 3.8) is 0 Å². The van der Waals surface area contributed by atoms with Gasteiger partial charge >= 0.3 is 5.69 Å². The lowest BCUT2D eigenvalue weighted by atomic mass is 9.79. The molecule has 14 heteroatoms. The van der Waals surface area contributed by atoms with Crippen molar-refractivity contribution in [2.45, 2.75) is 95.3 Å². The lowest BCUT2D eigenvalue weighted by molar-refractivity contribution is -0.235. The summed E-state index contributed by atoms with van der Waals surface area (Å²) in [7, 11) is 1.47. The Labute approximate surface area is 329 Å². The number of nitrogens with zero attached hydrogens (tertiary/aromatic N) is 3. The van der Waals surface area contributed by atoms with E-state index in [1.807, 2.05) is 85.8 Å². The summed E-state index contributed by atoms with van der Waals surface area (Å²) in [6.07, 6.45) is -1.29. The van der Waals surface area contributed by atoms with Crippen molar-refractivity contribution < 1.29 is 32.7 Å². The molecule has 0 radical (unpaired) electrons. The van der Waals surface area contributed by atoms with Crippen molar-refractivity contribution in [1.82, 2.24) is 14.2 Å².